The molecule has 0 saturated carbocycles. The molecule has 0 aliphatic rings. The topological polar surface area (TPSA) is 118 Å². The third-order valence-corrected chi connectivity index (χ3v) is 30.0. The van der Waals surface area contributed by atoms with Crippen LogP contribution < -0.4 is 19.6 Å². The van der Waals surface area contributed by atoms with Gasteiger partial charge in [0.15, 0.2) is 0 Å². The van der Waals surface area contributed by atoms with Crippen molar-refractivity contribution in [2.75, 3.05) is 19.6 Å². The zero-order valence-electron chi connectivity index (χ0n) is 93.7. The number of furan rings is 8. The lowest BCUT2D eigenvalue weighted by atomic mass is 9.87. The van der Waals surface area contributed by atoms with Gasteiger partial charge in [0.2, 0.25) is 0 Å². The number of para-hydroxylation sites is 4. The molecule has 150 heavy (non-hydrogen) atoms. The highest BCUT2D eigenvalue weighted by molar-refractivity contribution is 6.22. The third kappa shape index (κ3) is 14.7. The van der Waals surface area contributed by atoms with E-state index in [9.17, 15) is 13.7 Å². The van der Waals surface area contributed by atoms with Gasteiger partial charge in [-0.05, 0) is 355 Å². The number of anilines is 12. The molecule has 0 aliphatic carbocycles. The van der Waals surface area contributed by atoms with Crippen LogP contribution >= 0.6 is 0 Å². The molecule has 0 amide bonds. The molecule has 0 fully saturated rings. The van der Waals surface area contributed by atoms with Gasteiger partial charge >= 0.3 is 0 Å². The Labute approximate surface area is 876 Å². The quantitative estimate of drug-likeness (QED) is 0.103. The normalized spacial score (nSPS) is 13.4. The first-order valence-electron chi connectivity index (χ1n) is 56.0. The van der Waals surface area contributed by atoms with Gasteiger partial charge in [-0.2, -0.15) is 0 Å². The van der Waals surface area contributed by atoms with E-state index in [4.69, 9.17) is 35.3 Å². The van der Waals surface area contributed by atoms with Crippen molar-refractivity contribution in [3.05, 3.63) is 435 Å². The lowest BCUT2D eigenvalue weighted by Gasteiger charge is -2.27. The lowest BCUT2D eigenvalue weighted by Crippen LogP contribution is -2.13. The Morgan fingerprint density at radius 2 is 0.427 bits per heavy atom. The monoisotopic (exact) mass is 1950 g/mol. The SMILES string of the molecule is CC(C)c1ccc(N(c2ccc(C(C)C)cc2)c2ccc3cc4c(cc3c2)oc2cc3c(cc24)oc2cc4cc(N(c5ccc6oc7ccccc7c6c5)c5ccc6oc7ccccc7c6c5)ccc4cc23)cc1.[2H]c1cc(N(c2ccc(C(C)(C)C)cc2)c2ccc3oc4ccccc4c3c2)c([2H])c2c([2H])c3oc4c([2H])c5c(oc6c([2H])c7c([2H])c(N(c8ccc(C(C)(C)C)cc8)c8ccc9oc%10ccccc%10c9c8)cc([2H])c7c([2H])c65)c([2H])c4c3c([2H])c12. The predicted octanol–water partition coefficient (Wildman–Crippen LogP) is 41.9. The Morgan fingerprint density at radius 3 is 0.767 bits per heavy atom. The Hall–Kier alpha value is -18.5. The van der Waals surface area contributed by atoms with E-state index < -0.39 is 0 Å². The maximum Gasteiger partial charge on any atom is 0.136 e. The summed E-state index contributed by atoms with van der Waals surface area (Å²) in [5.41, 5.74) is 22.9. The van der Waals surface area contributed by atoms with E-state index in [1.54, 1.807) is 0 Å². The zero-order valence-corrected chi connectivity index (χ0v) is 83.7. The van der Waals surface area contributed by atoms with Crippen LogP contribution in [0.1, 0.15) is 117 Å². The largest absolute Gasteiger partial charge is 0.456 e. The van der Waals surface area contributed by atoms with Crippen molar-refractivity contribution in [1.29, 1.82) is 0 Å². The van der Waals surface area contributed by atoms with Crippen LogP contribution in [-0.4, -0.2) is 0 Å². The molecule has 22 aromatic carbocycles. The number of benzene rings is 22. The minimum absolute atomic E-state index is 0.0268. The Balaban J connectivity index is 0.000000149. The van der Waals surface area contributed by atoms with E-state index >= 15 is 0 Å². The van der Waals surface area contributed by atoms with Gasteiger partial charge in [-0.25, -0.2) is 0 Å². The maximum absolute atomic E-state index is 9.98. The van der Waals surface area contributed by atoms with Gasteiger partial charge in [0.1, 0.15) is 89.3 Å². The molecular formula is C138H100N4O8. The summed E-state index contributed by atoms with van der Waals surface area (Å²) in [7, 11) is 0. The molecule has 0 aliphatic heterocycles. The summed E-state index contributed by atoms with van der Waals surface area (Å²) >= 11 is 0. The molecule has 8 aromatic heterocycles. The summed E-state index contributed by atoms with van der Waals surface area (Å²) in [6.45, 7) is 21.7. The highest BCUT2D eigenvalue weighted by Gasteiger charge is 2.28. The molecule has 12 nitrogen and oxygen atoms in total. The van der Waals surface area contributed by atoms with Gasteiger partial charge in [0.05, 0.1) is 13.7 Å². The van der Waals surface area contributed by atoms with Crippen molar-refractivity contribution < 1.29 is 49.0 Å². The Bertz CT molecular complexity index is 11000. The van der Waals surface area contributed by atoms with Crippen LogP contribution in [0.5, 0.6) is 0 Å². The maximum atomic E-state index is 9.98. The molecular weight excluding hydrogens is 1840 g/mol. The summed E-state index contributed by atoms with van der Waals surface area (Å²) in [6, 6.07) is 117. The average molecular weight is 1950 g/mol. The molecule has 0 N–H and O–H groups in total. The van der Waals surface area contributed by atoms with Gasteiger partial charge in [0, 0.05) is 154 Å². The highest BCUT2D eigenvalue weighted by atomic mass is 16.4. The van der Waals surface area contributed by atoms with Gasteiger partial charge in [-0.15, -0.1) is 0 Å². The molecule has 12 heteroatoms. The average Bonchev–Trinajstić information content (AvgIpc) is 1.52. The second-order valence-corrected chi connectivity index (χ2v) is 42.2. The van der Waals surface area contributed by atoms with Crippen molar-refractivity contribution in [2.45, 2.75) is 91.9 Å². The first kappa shape index (κ1) is 77.9. The molecule has 0 radical (unpaired) electrons. The summed E-state index contributed by atoms with van der Waals surface area (Å²) in [4.78, 5) is 8.40. The third-order valence-electron chi connectivity index (χ3n) is 30.0. The smallest absolute Gasteiger partial charge is 0.136 e. The van der Waals surface area contributed by atoms with E-state index in [0.29, 0.717) is 45.8 Å². The second-order valence-electron chi connectivity index (χ2n) is 42.2. The minimum atomic E-state index is -0.345. The first-order valence-corrected chi connectivity index (χ1v) is 51.0. The standard InChI is InChI=1S/C70H52N2O4.C68H48N2O4/c1-69(2,3)45-17-23-47(24-18-45)71(51-27-29-63-57(37-51)53-11-7-9-13-61(53)73-63)49-21-15-41-33-55-59-39-68-60(40-67(59)75-65(55)35-43(41)31-49)56-34-42-16-22-50(32-44(42)36-66(56)76-68)72(48-25-19-46(20-26-48)70(4,5)6)52-28-30-64-58(38-52)54-12-8-10-14-62(54)74-64;1-39(2)41-13-19-47(20-14-41)69(48-21-15-42(16-22-48)40(3)4)49-23-17-43-31-55-59-37-68-60(38-67(59)73-65(55)33-45(43)29-49)56-32-44-18-24-50(30-46(44)34-66(56)74-68)70(51-25-27-63-57(35-51)53-9-5-7-11-61(53)71-63)52-26-28-64-58(36-52)54-10-6-8-12-62(54)72-64/h7-40H,1-6H3;5-40H,1-4H3/i15D,16D,31D,32D,33D,34D,35D,36D,39D,40D;. The van der Waals surface area contributed by atoms with Crippen LogP contribution in [0.2, 0.25) is 0 Å². The Morgan fingerprint density at radius 1 is 0.173 bits per heavy atom. The molecule has 0 spiro atoms. The van der Waals surface area contributed by atoms with Crippen molar-refractivity contribution >= 4 is 287 Å². The van der Waals surface area contributed by atoms with Crippen LogP contribution in [-0.2, 0) is 10.8 Å². The predicted molar refractivity (Wildman–Crippen MR) is 625 cm³/mol. The fourth-order valence-electron chi connectivity index (χ4n) is 22.1. The molecule has 8 heterocycles. The van der Waals surface area contributed by atoms with Crippen LogP contribution in [0.3, 0.4) is 0 Å². The van der Waals surface area contributed by atoms with Gasteiger partial charge in [-0.1, -0.05) is 215 Å². The van der Waals surface area contributed by atoms with Gasteiger partial charge in [-0.3, -0.25) is 0 Å². The van der Waals surface area contributed by atoms with Crippen LogP contribution in [0.15, 0.2) is 448 Å². The number of nitrogens with zero attached hydrogens (tertiary/aromatic N) is 4. The molecule has 0 bridgehead atoms. The number of hydrogen-bond acceptors (Lipinski definition) is 12. The summed E-state index contributed by atoms with van der Waals surface area (Å²) in [5, 5.41) is 16.1. The molecule has 0 unspecified atom stereocenters. The number of hydrogen-bond donors (Lipinski definition) is 0. The van der Waals surface area contributed by atoms with Crippen LogP contribution in [0.25, 0.3) is 219 Å². The lowest BCUT2D eigenvalue weighted by molar-refractivity contribution is 0.590. The number of fused-ring (bicyclic) bond motifs is 28. The van der Waals surface area contributed by atoms with Crippen molar-refractivity contribution in [2.24, 2.45) is 0 Å². The van der Waals surface area contributed by atoms with Crippen molar-refractivity contribution in [1.82, 2.24) is 0 Å². The minimum Gasteiger partial charge on any atom is -0.456 e. The van der Waals surface area contributed by atoms with Crippen molar-refractivity contribution in [3.63, 3.8) is 0 Å². The zero-order chi connectivity index (χ0) is 109. The fraction of sp³-hybridized carbons (Fsp3) is 0.101. The van der Waals surface area contributed by atoms with E-state index in [0.717, 1.165) is 187 Å². The molecule has 720 valence electrons. The van der Waals surface area contributed by atoms with E-state index in [-0.39, 0.29) is 148 Å². The fourth-order valence-corrected chi connectivity index (χ4v) is 22.1. The molecule has 30 aromatic rings. The number of rotatable bonds is 14. The summed E-state index contributed by atoms with van der Waals surface area (Å²) in [6.07, 6.45) is 0. The van der Waals surface area contributed by atoms with E-state index in [1.807, 2.05) is 168 Å². The van der Waals surface area contributed by atoms with Crippen LogP contribution in [0, 0.1) is 0 Å². The van der Waals surface area contributed by atoms with E-state index in [2.05, 4.69) is 261 Å². The first-order chi connectivity index (χ1) is 77.3. The summed E-state index contributed by atoms with van der Waals surface area (Å²) < 4.78 is 150. The van der Waals surface area contributed by atoms with Gasteiger partial charge in [0.25, 0.3) is 0 Å². The van der Waals surface area contributed by atoms with Crippen LogP contribution in [0.4, 0.5) is 68.2 Å². The Kier molecular flexibility index (Phi) is 17.4. The van der Waals surface area contributed by atoms with E-state index in [1.165, 1.54) is 23.3 Å². The van der Waals surface area contributed by atoms with Crippen molar-refractivity contribution in [3.8, 4) is 0 Å². The molecule has 0 atom stereocenters. The highest BCUT2D eigenvalue weighted by Crippen LogP contribution is 2.51. The second kappa shape index (κ2) is 33.5. The summed E-state index contributed by atoms with van der Waals surface area (Å²) in [5.74, 6) is 0.916. The molecule has 0 saturated heterocycles. The molecule has 30 rings (SSSR count). The van der Waals surface area contributed by atoms with Gasteiger partial charge < -0.3 is 54.9 Å².